The molecule has 1 rings (SSSR count). The summed E-state index contributed by atoms with van der Waals surface area (Å²) >= 11 is 0. The van der Waals surface area contributed by atoms with E-state index in [0.717, 1.165) is 16.9 Å². The molecule has 80 valence electrons. The van der Waals surface area contributed by atoms with Crippen molar-refractivity contribution in [1.29, 1.82) is 0 Å². The summed E-state index contributed by atoms with van der Waals surface area (Å²) in [6.45, 7) is 10.1. The molecule has 3 heteroatoms. The van der Waals surface area contributed by atoms with Crippen LogP contribution in [0.5, 0.6) is 0 Å². The molecule has 2 nitrogen and oxygen atoms in total. The lowest BCUT2D eigenvalue weighted by Crippen LogP contribution is -2.17. The van der Waals surface area contributed by atoms with E-state index in [1.165, 1.54) is 0 Å². The molecule has 0 N–H and O–H groups in total. The minimum atomic E-state index is -0.261. The van der Waals surface area contributed by atoms with Crippen LogP contribution in [0, 0.1) is 13.8 Å². The van der Waals surface area contributed by atoms with Crippen molar-refractivity contribution in [3.05, 3.63) is 33.4 Å². The molecule has 1 aromatic heterocycles. The molecule has 0 aliphatic rings. The highest BCUT2D eigenvalue weighted by molar-refractivity contribution is 5.32. The fourth-order valence-corrected chi connectivity index (χ4v) is 1.88. The number of halogens is 1. The average molecular weight is 200 g/mol. The largest absolute Gasteiger partial charge is 0.428 e. The van der Waals surface area contributed by atoms with Gasteiger partial charge in [0, 0.05) is 6.07 Å². The van der Waals surface area contributed by atoms with Gasteiger partial charge >= 0.3 is 5.63 Å². The first-order valence-corrected chi connectivity index (χ1v) is 4.44. The predicted octanol–water partition coefficient (Wildman–Crippen LogP) is 2.71. The normalized spacial score (nSPS) is 10.9. The molecule has 1 aromatic rings. The lowest BCUT2D eigenvalue weighted by Gasteiger charge is -2.22. The van der Waals surface area contributed by atoms with Crippen molar-refractivity contribution in [2.45, 2.75) is 40.0 Å². The second kappa shape index (κ2) is 3.95. The van der Waals surface area contributed by atoms with Gasteiger partial charge in [-0.1, -0.05) is 20.8 Å². The summed E-state index contributed by atoms with van der Waals surface area (Å²) in [5.74, 6) is 0.734. The summed E-state index contributed by atoms with van der Waals surface area (Å²) in [6, 6.07) is 1.55. The molecule has 0 aliphatic carbocycles. The van der Waals surface area contributed by atoms with Crippen molar-refractivity contribution in [3.8, 4) is 0 Å². The SMILES string of the molecule is Cc1cc(=O)oc(C)c1C(C)(C)C.F. The van der Waals surface area contributed by atoms with Gasteiger partial charge in [0.25, 0.3) is 0 Å². The molecule has 0 unspecified atom stereocenters. The molecule has 14 heavy (non-hydrogen) atoms. The maximum absolute atomic E-state index is 11.0. The minimum Gasteiger partial charge on any atom is -0.428 e. The van der Waals surface area contributed by atoms with Crippen LogP contribution in [0.15, 0.2) is 15.3 Å². The van der Waals surface area contributed by atoms with Gasteiger partial charge < -0.3 is 4.42 Å². The lowest BCUT2D eigenvalue weighted by atomic mass is 9.84. The van der Waals surface area contributed by atoms with E-state index < -0.39 is 0 Å². The smallest absolute Gasteiger partial charge is 0.336 e. The summed E-state index contributed by atoms with van der Waals surface area (Å²) in [4.78, 5) is 11.0. The molecule has 0 aliphatic heterocycles. The second-order valence-corrected chi connectivity index (χ2v) is 4.43. The van der Waals surface area contributed by atoms with E-state index in [9.17, 15) is 4.79 Å². The number of hydrogen-bond acceptors (Lipinski definition) is 2. The molecule has 1 heterocycles. The van der Waals surface area contributed by atoms with Gasteiger partial charge in [-0.05, 0) is 30.4 Å². The average Bonchev–Trinajstić information content (AvgIpc) is 1.78. The molecular formula is C11H17FO2. The Bertz CT molecular complexity index is 346. The van der Waals surface area contributed by atoms with Crippen LogP contribution in [-0.4, -0.2) is 0 Å². The number of hydrogen-bond donors (Lipinski definition) is 0. The van der Waals surface area contributed by atoms with E-state index in [1.807, 2.05) is 13.8 Å². The summed E-state index contributed by atoms with van der Waals surface area (Å²) in [5.41, 5.74) is 1.92. The lowest BCUT2D eigenvalue weighted by molar-refractivity contribution is 0.446. The second-order valence-electron chi connectivity index (χ2n) is 4.43. The van der Waals surface area contributed by atoms with Gasteiger partial charge in [0.2, 0.25) is 0 Å². The Labute approximate surface area is 83.3 Å². The van der Waals surface area contributed by atoms with Crippen LogP contribution in [0.25, 0.3) is 0 Å². The predicted molar refractivity (Wildman–Crippen MR) is 55.7 cm³/mol. The van der Waals surface area contributed by atoms with Gasteiger partial charge in [0.15, 0.2) is 0 Å². The molecule has 0 amide bonds. The Hall–Kier alpha value is -1.12. The first-order valence-electron chi connectivity index (χ1n) is 4.44. The van der Waals surface area contributed by atoms with Crippen molar-refractivity contribution in [2.24, 2.45) is 0 Å². The molecule has 0 saturated heterocycles. The van der Waals surface area contributed by atoms with Crippen LogP contribution in [0.2, 0.25) is 0 Å². The third-order valence-electron chi connectivity index (χ3n) is 2.08. The molecule has 0 radical (unpaired) electrons. The van der Waals surface area contributed by atoms with Gasteiger partial charge in [0.05, 0.1) is 0 Å². The van der Waals surface area contributed by atoms with Crippen LogP contribution < -0.4 is 5.63 Å². The van der Waals surface area contributed by atoms with E-state index in [-0.39, 0.29) is 15.7 Å². The molecule has 0 bridgehead atoms. The van der Waals surface area contributed by atoms with Crippen molar-refractivity contribution < 1.29 is 9.12 Å². The molecule has 0 aromatic carbocycles. The minimum absolute atomic E-state index is 0. The Morgan fingerprint density at radius 1 is 1.21 bits per heavy atom. The van der Waals surface area contributed by atoms with E-state index in [0.29, 0.717) is 0 Å². The number of aryl methyl sites for hydroxylation is 2. The zero-order valence-electron chi connectivity index (χ0n) is 9.30. The quantitative estimate of drug-likeness (QED) is 0.644. The van der Waals surface area contributed by atoms with Crippen LogP contribution in [0.1, 0.15) is 37.7 Å². The van der Waals surface area contributed by atoms with Gasteiger partial charge in [-0.25, -0.2) is 4.79 Å². The Morgan fingerprint density at radius 2 is 1.71 bits per heavy atom. The first-order chi connectivity index (χ1) is 5.82. The van der Waals surface area contributed by atoms with Crippen molar-refractivity contribution in [1.82, 2.24) is 0 Å². The van der Waals surface area contributed by atoms with Gasteiger partial charge in [-0.2, -0.15) is 0 Å². The van der Waals surface area contributed by atoms with Crippen LogP contribution >= 0.6 is 0 Å². The summed E-state index contributed by atoms with van der Waals surface area (Å²) < 4.78 is 5.06. The molecule has 0 atom stereocenters. The van der Waals surface area contributed by atoms with Gasteiger partial charge in [-0.15, -0.1) is 0 Å². The molecule has 0 saturated carbocycles. The van der Waals surface area contributed by atoms with Crippen LogP contribution in [0.4, 0.5) is 4.70 Å². The van der Waals surface area contributed by atoms with Crippen LogP contribution in [0.3, 0.4) is 0 Å². The number of rotatable bonds is 0. The van der Waals surface area contributed by atoms with E-state index in [1.54, 1.807) is 6.07 Å². The zero-order chi connectivity index (χ0) is 10.2. The Balaban J connectivity index is 0.00000169. The first kappa shape index (κ1) is 12.9. The van der Waals surface area contributed by atoms with Gasteiger partial charge in [0.1, 0.15) is 5.76 Å². The van der Waals surface area contributed by atoms with E-state index in [2.05, 4.69) is 20.8 Å². The highest BCUT2D eigenvalue weighted by atomic mass is 19.0. The van der Waals surface area contributed by atoms with Crippen LogP contribution in [-0.2, 0) is 5.41 Å². The van der Waals surface area contributed by atoms with E-state index in [4.69, 9.17) is 4.42 Å². The summed E-state index contributed by atoms with van der Waals surface area (Å²) in [5, 5.41) is 0. The topological polar surface area (TPSA) is 30.2 Å². The summed E-state index contributed by atoms with van der Waals surface area (Å²) in [6.07, 6.45) is 0. The van der Waals surface area contributed by atoms with E-state index >= 15 is 0 Å². The fraction of sp³-hybridized carbons (Fsp3) is 0.545. The van der Waals surface area contributed by atoms with Gasteiger partial charge in [-0.3, -0.25) is 4.70 Å². The van der Waals surface area contributed by atoms with Crippen molar-refractivity contribution in [2.75, 3.05) is 0 Å². The third kappa shape index (κ3) is 2.44. The zero-order valence-corrected chi connectivity index (χ0v) is 9.30. The Kier molecular flexibility index (Phi) is 3.63. The molecule has 0 spiro atoms. The van der Waals surface area contributed by atoms with Crippen molar-refractivity contribution in [3.63, 3.8) is 0 Å². The standard InChI is InChI=1S/C11H16O2.FH/c1-7-6-9(12)13-8(2)10(7)11(3,4)5;/h6H,1-5H3;1H. The maximum atomic E-state index is 11.0. The fourth-order valence-electron chi connectivity index (χ4n) is 1.88. The Morgan fingerprint density at radius 3 is 2.07 bits per heavy atom. The molecular weight excluding hydrogens is 183 g/mol. The maximum Gasteiger partial charge on any atom is 0.336 e. The highest BCUT2D eigenvalue weighted by Crippen LogP contribution is 2.27. The van der Waals surface area contributed by atoms with Crippen molar-refractivity contribution >= 4 is 0 Å². The molecule has 0 fully saturated rings. The third-order valence-corrected chi connectivity index (χ3v) is 2.08. The highest BCUT2D eigenvalue weighted by Gasteiger charge is 2.20. The monoisotopic (exact) mass is 200 g/mol. The summed E-state index contributed by atoms with van der Waals surface area (Å²) in [7, 11) is 0.